The molecule has 0 spiro atoms. The summed E-state index contributed by atoms with van der Waals surface area (Å²) >= 11 is 3.71. The van der Waals surface area contributed by atoms with Crippen LogP contribution >= 0.6 is 15.9 Å². The number of rotatable bonds is 3. The summed E-state index contributed by atoms with van der Waals surface area (Å²) in [5, 5.41) is 1.13. The molecule has 0 radical (unpaired) electrons. The van der Waals surface area contributed by atoms with E-state index in [4.69, 9.17) is 4.74 Å². The van der Waals surface area contributed by atoms with Crippen LogP contribution in [0.15, 0.2) is 0 Å². The van der Waals surface area contributed by atoms with Gasteiger partial charge in [0.05, 0.1) is 0 Å². The van der Waals surface area contributed by atoms with Gasteiger partial charge < -0.3 is 9.64 Å². The smallest absolute Gasteiger partial charge is 0.0472 e. The van der Waals surface area contributed by atoms with Gasteiger partial charge in [-0.2, -0.15) is 0 Å². The zero-order valence-corrected chi connectivity index (χ0v) is 11.3. The Morgan fingerprint density at radius 1 is 1.40 bits per heavy atom. The molecule has 88 valence electrons. The molecule has 3 heteroatoms. The third-order valence-electron chi connectivity index (χ3n) is 4.07. The Morgan fingerprint density at radius 2 is 2.13 bits per heavy atom. The zero-order valence-electron chi connectivity index (χ0n) is 9.67. The fraction of sp³-hybridized carbons (Fsp3) is 1.00. The Hall–Kier alpha value is 0.400. The van der Waals surface area contributed by atoms with Gasteiger partial charge in [0, 0.05) is 31.1 Å². The van der Waals surface area contributed by atoms with Crippen LogP contribution in [0.3, 0.4) is 0 Å². The third kappa shape index (κ3) is 2.75. The Labute approximate surface area is 101 Å². The highest BCUT2D eigenvalue weighted by atomic mass is 79.9. The second-order valence-electron chi connectivity index (χ2n) is 5.21. The first kappa shape index (κ1) is 11.9. The molecule has 0 N–H and O–H groups in total. The largest absolute Gasteiger partial charge is 0.381 e. The standard InChI is InChI=1S/C12H22BrNO/c1-11-3-2-6-14(11)10-12(9-13)4-7-15-8-5-12/h11H,2-10H2,1H3. The lowest BCUT2D eigenvalue weighted by Crippen LogP contribution is -2.43. The average Bonchev–Trinajstić information content (AvgIpc) is 2.66. The van der Waals surface area contributed by atoms with E-state index in [1.54, 1.807) is 0 Å². The minimum Gasteiger partial charge on any atom is -0.381 e. The lowest BCUT2D eigenvalue weighted by molar-refractivity contribution is 0.00709. The van der Waals surface area contributed by atoms with Crippen LogP contribution in [0.25, 0.3) is 0 Å². The first-order chi connectivity index (χ1) is 7.26. The molecule has 0 aromatic carbocycles. The van der Waals surface area contributed by atoms with Crippen molar-refractivity contribution in [2.24, 2.45) is 5.41 Å². The normalized spacial score (nSPS) is 32.0. The summed E-state index contributed by atoms with van der Waals surface area (Å²) in [7, 11) is 0. The van der Waals surface area contributed by atoms with Gasteiger partial charge in [0.1, 0.15) is 0 Å². The molecular weight excluding hydrogens is 254 g/mol. The monoisotopic (exact) mass is 275 g/mol. The lowest BCUT2D eigenvalue weighted by Gasteiger charge is -2.40. The van der Waals surface area contributed by atoms with Crippen LogP contribution in [-0.4, -0.2) is 42.6 Å². The highest BCUT2D eigenvalue weighted by Gasteiger charge is 2.35. The van der Waals surface area contributed by atoms with E-state index in [1.165, 1.54) is 38.8 Å². The van der Waals surface area contributed by atoms with E-state index in [1.807, 2.05) is 0 Å². The van der Waals surface area contributed by atoms with E-state index in [2.05, 4.69) is 27.8 Å². The summed E-state index contributed by atoms with van der Waals surface area (Å²) in [4.78, 5) is 2.67. The topological polar surface area (TPSA) is 12.5 Å². The second kappa shape index (κ2) is 5.15. The average molecular weight is 276 g/mol. The third-order valence-corrected chi connectivity index (χ3v) is 5.26. The molecule has 0 amide bonds. The molecule has 2 nitrogen and oxygen atoms in total. The predicted molar refractivity (Wildman–Crippen MR) is 66.5 cm³/mol. The Balaban J connectivity index is 1.94. The highest BCUT2D eigenvalue weighted by Crippen LogP contribution is 2.35. The van der Waals surface area contributed by atoms with E-state index < -0.39 is 0 Å². The van der Waals surface area contributed by atoms with E-state index in [-0.39, 0.29) is 0 Å². The summed E-state index contributed by atoms with van der Waals surface area (Å²) in [5.41, 5.74) is 0.483. The molecule has 2 heterocycles. The molecule has 0 aromatic heterocycles. The molecular formula is C12H22BrNO. The zero-order chi connectivity index (χ0) is 10.7. The Kier molecular flexibility index (Phi) is 4.08. The Morgan fingerprint density at radius 3 is 2.67 bits per heavy atom. The van der Waals surface area contributed by atoms with Crippen molar-refractivity contribution in [1.29, 1.82) is 0 Å². The van der Waals surface area contributed by atoms with E-state index >= 15 is 0 Å². The van der Waals surface area contributed by atoms with Crippen LogP contribution in [0.4, 0.5) is 0 Å². The van der Waals surface area contributed by atoms with Crippen molar-refractivity contribution in [2.75, 3.05) is 31.6 Å². The predicted octanol–water partition coefficient (Wildman–Crippen LogP) is 2.66. The van der Waals surface area contributed by atoms with Crippen LogP contribution in [0, 0.1) is 5.41 Å². The van der Waals surface area contributed by atoms with Crippen LogP contribution in [0.2, 0.25) is 0 Å². The first-order valence-corrected chi connectivity index (χ1v) is 7.26. The SMILES string of the molecule is CC1CCCN1CC1(CBr)CCOCC1. The van der Waals surface area contributed by atoms with E-state index in [0.717, 1.165) is 24.6 Å². The molecule has 0 bridgehead atoms. The van der Waals surface area contributed by atoms with Gasteiger partial charge in [-0.25, -0.2) is 0 Å². The number of hydrogen-bond acceptors (Lipinski definition) is 2. The minimum absolute atomic E-state index is 0.483. The van der Waals surface area contributed by atoms with Gasteiger partial charge in [0.2, 0.25) is 0 Å². The summed E-state index contributed by atoms with van der Waals surface area (Å²) < 4.78 is 5.48. The van der Waals surface area contributed by atoms with Crippen LogP contribution in [-0.2, 0) is 4.74 Å². The van der Waals surface area contributed by atoms with Gasteiger partial charge in [-0.15, -0.1) is 0 Å². The maximum absolute atomic E-state index is 5.48. The Bertz CT molecular complexity index is 204. The summed E-state index contributed by atoms with van der Waals surface area (Å²) in [6.07, 6.45) is 5.22. The van der Waals surface area contributed by atoms with Gasteiger partial charge >= 0.3 is 0 Å². The molecule has 2 saturated heterocycles. The number of hydrogen-bond donors (Lipinski definition) is 0. The molecule has 0 aromatic rings. The van der Waals surface area contributed by atoms with Crippen LogP contribution < -0.4 is 0 Å². The second-order valence-corrected chi connectivity index (χ2v) is 5.77. The maximum Gasteiger partial charge on any atom is 0.0472 e. The number of alkyl halides is 1. The molecule has 2 rings (SSSR count). The van der Waals surface area contributed by atoms with Gasteiger partial charge in [0.25, 0.3) is 0 Å². The van der Waals surface area contributed by atoms with Crippen molar-refractivity contribution in [3.05, 3.63) is 0 Å². The number of ether oxygens (including phenoxy) is 1. The van der Waals surface area contributed by atoms with Crippen LogP contribution in [0.1, 0.15) is 32.6 Å². The summed E-state index contributed by atoms with van der Waals surface area (Å²) in [5.74, 6) is 0. The minimum atomic E-state index is 0.483. The van der Waals surface area contributed by atoms with Crippen molar-refractivity contribution < 1.29 is 4.74 Å². The van der Waals surface area contributed by atoms with Crippen molar-refractivity contribution >= 4 is 15.9 Å². The van der Waals surface area contributed by atoms with Crippen molar-refractivity contribution in [2.45, 2.75) is 38.6 Å². The molecule has 2 aliphatic heterocycles. The van der Waals surface area contributed by atoms with E-state index in [9.17, 15) is 0 Å². The van der Waals surface area contributed by atoms with Crippen molar-refractivity contribution in [3.8, 4) is 0 Å². The summed E-state index contributed by atoms with van der Waals surface area (Å²) in [6.45, 7) is 6.84. The molecule has 2 fully saturated rings. The highest BCUT2D eigenvalue weighted by molar-refractivity contribution is 9.09. The van der Waals surface area contributed by atoms with Crippen molar-refractivity contribution in [1.82, 2.24) is 4.90 Å². The number of halogens is 1. The molecule has 1 atom stereocenters. The van der Waals surface area contributed by atoms with E-state index in [0.29, 0.717) is 5.41 Å². The van der Waals surface area contributed by atoms with Gasteiger partial charge in [-0.3, -0.25) is 0 Å². The first-order valence-electron chi connectivity index (χ1n) is 6.14. The molecule has 0 saturated carbocycles. The quantitative estimate of drug-likeness (QED) is 0.735. The van der Waals surface area contributed by atoms with Gasteiger partial charge in [-0.05, 0) is 44.6 Å². The molecule has 15 heavy (non-hydrogen) atoms. The molecule has 1 unspecified atom stereocenters. The number of nitrogens with zero attached hydrogens (tertiary/aromatic N) is 1. The number of likely N-dealkylation sites (tertiary alicyclic amines) is 1. The summed E-state index contributed by atoms with van der Waals surface area (Å²) in [6, 6.07) is 0.795. The molecule has 2 aliphatic rings. The maximum atomic E-state index is 5.48. The fourth-order valence-electron chi connectivity index (χ4n) is 2.80. The fourth-order valence-corrected chi connectivity index (χ4v) is 3.53. The van der Waals surface area contributed by atoms with Gasteiger partial charge in [0.15, 0.2) is 0 Å². The lowest BCUT2D eigenvalue weighted by atomic mass is 9.81. The van der Waals surface area contributed by atoms with Crippen molar-refractivity contribution in [3.63, 3.8) is 0 Å². The van der Waals surface area contributed by atoms with Gasteiger partial charge in [-0.1, -0.05) is 15.9 Å². The van der Waals surface area contributed by atoms with Crippen LogP contribution in [0.5, 0.6) is 0 Å². The molecule has 0 aliphatic carbocycles.